The van der Waals surface area contributed by atoms with Crippen LogP contribution in [-0.4, -0.2) is 34.5 Å². The van der Waals surface area contributed by atoms with Crippen LogP contribution in [0.5, 0.6) is 5.75 Å². The van der Waals surface area contributed by atoms with E-state index in [4.69, 9.17) is 4.74 Å². The summed E-state index contributed by atoms with van der Waals surface area (Å²) in [4.78, 5) is 16.7. The summed E-state index contributed by atoms with van der Waals surface area (Å²) in [7, 11) is 1.60. The molecule has 1 atom stereocenters. The molecule has 2 N–H and O–H groups in total. The van der Waals surface area contributed by atoms with Crippen LogP contribution >= 0.6 is 0 Å². The van der Waals surface area contributed by atoms with Crippen LogP contribution in [0, 0.1) is 19.8 Å². The van der Waals surface area contributed by atoms with Crippen LogP contribution < -0.4 is 15.4 Å². The molecule has 0 aliphatic rings. The number of carbonyl (C=O) groups excluding carboxylic acids is 1. The normalized spacial score (nSPS) is 12.0. The van der Waals surface area contributed by atoms with E-state index in [2.05, 4.69) is 33.7 Å². The van der Waals surface area contributed by atoms with Crippen LogP contribution in [-0.2, 0) is 6.54 Å². The van der Waals surface area contributed by atoms with Gasteiger partial charge in [-0.05, 0) is 50.1 Å². The van der Waals surface area contributed by atoms with Crippen molar-refractivity contribution in [3.05, 3.63) is 47.9 Å². The highest BCUT2D eigenvalue weighted by atomic mass is 16.5. The molecule has 0 bridgehead atoms. The number of urea groups is 1. The Hall–Kier alpha value is -3.09. The molecule has 142 valence electrons. The molecule has 0 aliphatic heterocycles. The first-order valence-electron chi connectivity index (χ1n) is 8.95. The third-order valence-electron chi connectivity index (χ3n) is 4.40. The third kappa shape index (κ3) is 4.36. The predicted octanol–water partition coefficient (Wildman–Crippen LogP) is 3.51. The fourth-order valence-corrected chi connectivity index (χ4v) is 3.07. The molecule has 0 saturated heterocycles. The average Bonchev–Trinajstić information content (AvgIpc) is 2.97. The van der Waals surface area contributed by atoms with Gasteiger partial charge in [0.2, 0.25) is 0 Å². The number of rotatable bonds is 6. The van der Waals surface area contributed by atoms with Crippen molar-refractivity contribution in [2.75, 3.05) is 19.0 Å². The van der Waals surface area contributed by atoms with Gasteiger partial charge < -0.3 is 15.4 Å². The first kappa shape index (κ1) is 18.7. The number of nitrogens with one attached hydrogen (secondary N) is 2. The molecule has 7 heteroatoms. The monoisotopic (exact) mass is 367 g/mol. The van der Waals surface area contributed by atoms with Gasteiger partial charge in [0, 0.05) is 30.4 Å². The van der Waals surface area contributed by atoms with Crippen molar-refractivity contribution in [1.29, 1.82) is 0 Å². The van der Waals surface area contributed by atoms with Crippen LogP contribution in [0.1, 0.15) is 18.3 Å². The molecule has 0 fully saturated rings. The van der Waals surface area contributed by atoms with Crippen molar-refractivity contribution in [2.24, 2.45) is 5.92 Å². The lowest BCUT2D eigenvalue weighted by atomic mass is 10.1. The Labute approximate surface area is 158 Å². The van der Waals surface area contributed by atoms with Gasteiger partial charge >= 0.3 is 6.03 Å². The molecular weight excluding hydrogens is 342 g/mol. The van der Waals surface area contributed by atoms with Crippen molar-refractivity contribution in [1.82, 2.24) is 20.1 Å². The number of aromatic nitrogens is 3. The van der Waals surface area contributed by atoms with E-state index >= 15 is 0 Å². The summed E-state index contributed by atoms with van der Waals surface area (Å²) >= 11 is 0. The lowest BCUT2D eigenvalue weighted by molar-refractivity contribution is 0.249. The third-order valence-corrected chi connectivity index (χ3v) is 4.40. The number of methoxy groups -OCH3 is 1. The van der Waals surface area contributed by atoms with Crippen LogP contribution in [0.2, 0.25) is 0 Å². The summed E-state index contributed by atoms with van der Waals surface area (Å²) < 4.78 is 7.31. The zero-order valence-corrected chi connectivity index (χ0v) is 16.1. The first-order valence-corrected chi connectivity index (χ1v) is 8.95. The van der Waals surface area contributed by atoms with Crippen molar-refractivity contribution < 1.29 is 9.53 Å². The quantitative estimate of drug-likeness (QED) is 0.698. The predicted molar refractivity (Wildman–Crippen MR) is 106 cm³/mol. The zero-order chi connectivity index (χ0) is 19.4. The molecule has 3 aromatic rings. The Bertz CT molecular complexity index is 951. The minimum absolute atomic E-state index is 0.245. The standard InChI is InChI=1S/C20H25N5O2/c1-13(12-25-15(3)10-14(2)24-25)11-22-20(26)23-17-7-8-18(27-4)19-16(17)6-5-9-21-19/h5-10,13H,11-12H2,1-4H3,(H2,22,23,26)/t13-/m0/s1. The van der Waals surface area contributed by atoms with Crippen molar-refractivity contribution in [2.45, 2.75) is 27.3 Å². The number of hydrogen-bond acceptors (Lipinski definition) is 4. The lowest BCUT2D eigenvalue weighted by Gasteiger charge is -2.15. The average molecular weight is 367 g/mol. The molecule has 0 saturated carbocycles. The smallest absolute Gasteiger partial charge is 0.319 e. The summed E-state index contributed by atoms with van der Waals surface area (Å²) in [6, 6.07) is 9.17. The van der Waals surface area contributed by atoms with Gasteiger partial charge in [-0.25, -0.2) is 4.79 Å². The molecule has 3 rings (SSSR count). The molecule has 0 unspecified atom stereocenters. The van der Waals surface area contributed by atoms with Gasteiger partial charge in [0.25, 0.3) is 0 Å². The van der Waals surface area contributed by atoms with E-state index < -0.39 is 0 Å². The molecule has 2 heterocycles. The van der Waals surface area contributed by atoms with E-state index in [-0.39, 0.29) is 11.9 Å². The number of nitrogens with zero attached hydrogens (tertiary/aromatic N) is 3. The van der Waals surface area contributed by atoms with Crippen LogP contribution in [0.25, 0.3) is 10.9 Å². The maximum absolute atomic E-state index is 12.3. The van der Waals surface area contributed by atoms with E-state index in [9.17, 15) is 4.79 Å². The highest BCUT2D eigenvalue weighted by Gasteiger charge is 2.12. The van der Waals surface area contributed by atoms with Crippen LogP contribution in [0.3, 0.4) is 0 Å². The Morgan fingerprint density at radius 2 is 2.11 bits per heavy atom. The summed E-state index contributed by atoms with van der Waals surface area (Å²) in [5.41, 5.74) is 3.55. The fourth-order valence-electron chi connectivity index (χ4n) is 3.07. The molecule has 2 amide bonds. The molecule has 0 spiro atoms. The van der Waals surface area contributed by atoms with Gasteiger partial charge in [-0.2, -0.15) is 5.10 Å². The number of carbonyl (C=O) groups is 1. The van der Waals surface area contributed by atoms with E-state index in [0.717, 1.165) is 28.8 Å². The van der Waals surface area contributed by atoms with Crippen molar-refractivity contribution >= 4 is 22.6 Å². The van der Waals surface area contributed by atoms with Crippen molar-refractivity contribution in [3.8, 4) is 5.75 Å². The fraction of sp³-hybridized carbons (Fsp3) is 0.350. The molecular formula is C20H25N5O2. The van der Waals surface area contributed by atoms with E-state index in [0.29, 0.717) is 18.0 Å². The van der Waals surface area contributed by atoms with Gasteiger partial charge in [0.05, 0.1) is 18.5 Å². The number of hydrogen-bond donors (Lipinski definition) is 2. The van der Waals surface area contributed by atoms with Gasteiger partial charge in [-0.15, -0.1) is 0 Å². The Balaban J connectivity index is 1.61. The Kier molecular flexibility index (Phi) is 5.59. The van der Waals surface area contributed by atoms with Crippen LogP contribution in [0.15, 0.2) is 36.5 Å². The summed E-state index contributed by atoms with van der Waals surface area (Å²) in [6.07, 6.45) is 1.70. The number of aryl methyl sites for hydroxylation is 2. The maximum Gasteiger partial charge on any atom is 0.319 e. The minimum atomic E-state index is -0.245. The number of amides is 2. The van der Waals surface area contributed by atoms with E-state index in [1.807, 2.05) is 36.7 Å². The number of benzene rings is 1. The first-order chi connectivity index (χ1) is 13.0. The Morgan fingerprint density at radius 1 is 1.30 bits per heavy atom. The topological polar surface area (TPSA) is 81.1 Å². The lowest BCUT2D eigenvalue weighted by Crippen LogP contribution is -2.33. The second-order valence-corrected chi connectivity index (χ2v) is 6.76. The Morgan fingerprint density at radius 3 is 2.81 bits per heavy atom. The largest absolute Gasteiger partial charge is 0.494 e. The molecule has 0 aliphatic carbocycles. The number of fused-ring (bicyclic) bond motifs is 1. The molecule has 1 aromatic carbocycles. The molecule has 27 heavy (non-hydrogen) atoms. The molecule has 7 nitrogen and oxygen atoms in total. The number of ether oxygens (including phenoxy) is 1. The SMILES string of the molecule is COc1ccc(NC(=O)NC[C@H](C)Cn2nc(C)cc2C)c2cccnc12. The van der Waals surface area contributed by atoms with Gasteiger partial charge in [0.15, 0.2) is 0 Å². The minimum Gasteiger partial charge on any atom is -0.494 e. The second kappa shape index (κ2) is 8.07. The van der Waals surface area contributed by atoms with E-state index in [1.165, 1.54) is 0 Å². The van der Waals surface area contributed by atoms with Crippen LogP contribution in [0.4, 0.5) is 10.5 Å². The highest BCUT2D eigenvalue weighted by Crippen LogP contribution is 2.29. The molecule has 2 aromatic heterocycles. The summed E-state index contributed by atoms with van der Waals surface area (Å²) in [5.74, 6) is 0.929. The van der Waals surface area contributed by atoms with Gasteiger partial charge in [-0.3, -0.25) is 9.67 Å². The number of pyridine rings is 1. The molecule has 0 radical (unpaired) electrons. The van der Waals surface area contributed by atoms with E-state index in [1.54, 1.807) is 19.4 Å². The highest BCUT2D eigenvalue weighted by molar-refractivity contribution is 6.02. The number of anilines is 1. The summed E-state index contributed by atoms with van der Waals surface area (Å²) in [5, 5.41) is 11.1. The van der Waals surface area contributed by atoms with Gasteiger partial charge in [-0.1, -0.05) is 6.92 Å². The van der Waals surface area contributed by atoms with Gasteiger partial charge in [0.1, 0.15) is 11.3 Å². The maximum atomic E-state index is 12.3. The van der Waals surface area contributed by atoms with Crippen molar-refractivity contribution in [3.63, 3.8) is 0 Å². The summed E-state index contributed by atoms with van der Waals surface area (Å²) in [6.45, 7) is 7.42. The second-order valence-electron chi connectivity index (χ2n) is 6.76. The zero-order valence-electron chi connectivity index (χ0n) is 16.1.